The molecule has 4 nitrogen and oxygen atoms in total. The molecule has 3 rings (SSSR count). The van der Waals surface area contributed by atoms with Crippen molar-refractivity contribution in [1.82, 2.24) is 4.72 Å². The second kappa shape index (κ2) is 6.69. The summed E-state index contributed by atoms with van der Waals surface area (Å²) in [5.74, 6) is 0.603. The number of benzene rings is 1. The predicted octanol–water partition coefficient (Wildman–Crippen LogP) is 2.93. The molecule has 0 spiro atoms. The Morgan fingerprint density at radius 2 is 2.05 bits per heavy atom. The lowest BCUT2D eigenvalue weighted by atomic mass is 9.99. The van der Waals surface area contributed by atoms with Crippen molar-refractivity contribution in [3.63, 3.8) is 0 Å². The standard InChI is InChI=1S/C17H25NO3S/c1-13-5-2-3-7-16(13)17(14-8-9-14)18-22(19,20)12-10-15-6-4-11-21-15/h2-3,5,7,14-15,17-18H,4,6,8-12H2,1H3/t15-,17+/m1/s1. The van der Waals surface area contributed by atoms with Crippen LogP contribution in [0.25, 0.3) is 0 Å². The summed E-state index contributed by atoms with van der Waals surface area (Å²) in [5, 5.41) is 0. The Morgan fingerprint density at radius 3 is 2.68 bits per heavy atom. The van der Waals surface area contributed by atoms with Gasteiger partial charge in [0.1, 0.15) is 0 Å². The van der Waals surface area contributed by atoms with E-state index in [1.807, 2.05) is 31.2 Å². The van der Waals surface area contributed by atoms with Crippen LogP contribution in [0.4, 0.5) is 0 Å². The van der Waals surface area contributed by atoms with Crippen LogP contribution in [0.15, 0.2) is 24.3 Å². The van der Waals surface area contributed by atoms with Gasteiger partial charge in [0.25, 0.3) is 0 Å². The van der Waals surface area contributed by atoms with Gasteiger partial charge in [0.2, 0.25) is 10.0 Å². The number of ether oxygens (including phenoxy) is 1. The molecule has 1 N–H and O–H groups in total. The minimum absolute atomic E-state index is 0.0734. The van der Waals surface area contributed by atoms with Gasteiger partial charge >= 0.3 is 0 Å². The first kappa shape index (κ1) is 16.0. The zero-order chi connectivity index (χ0) is 15.6. The first-order valence-corrected chi connectivity index (χ1v) is 9.87. The summed E-state index contributed by atoms with van der Waals surface area (Å²) in [7, 11) is -3.27. The van der Waals surface area contributed by atoms with Gasteiger partial charge in [-0.1, -0.05) is 24.3 Å². The maximum absolute atomic E-state index is 12.4. The number of nitrogens with one attached hydrogen (secondary N) is 1. The molecule has 1 aliphatic heterocycles. The fourth-order valence-corrected chi connectivity index (χ4v) is 4.59. The van der Waals surface area contributed by atoms with Crippen LogP contribution >= 0.6 is 0 Å². The first-order valence-electron chi connectivity index (χ1n) is 8.22. The molecule has 5 heteroatoms. The van der Waals surface area contributed by atoms with Gasteiger partial charge < -0.3 is 4.74 Å². The normalized spacial score (nSPS) is 23.6. The summed E-state index contributed by atoms with van der Waals surface area (Å²) in [6.07, 6.45) is 4.96. The van der Waals surface area contributed by atoms with Crippen LogP contribution in [0.2, 0.25) is 0 Å². The van der Waals surface area contributed by atoms with E-state index < -0.39 is 10.0 Å². The zero-order valence-electron chi connectivity index (χ0n) is 13.1. The number of sulfonamides is 1. The first-order chi connectivity index (χ1) is 10.6. The molecule has 2 fully saturated rings. The van der Waals surface area contributed by atoms with Crippen molar-refractivity contribution in [1.29, 1.82) is 0 Å². The second-order valence-corrected chi connectivity index (χ2v) is 8.41. The Labute approximate surface area is 133 Å². The number of rotatable bonds is 7. The highest BCUT2D eigenvalue weighted by atomic mass is 32.2. The topological polar surface area (TPSA) is 55.4 Å². The molecule has 1 saturated heterocycles. The Balaban J connectivity index is 1.66. The van der Waals surface area contributed by atoms with Crippen LogP contribution in [0.1, 0.15) is 49.3 Å². The Bertz CT molecular complexity index is 604. The average molecular weight is 323 g/mol. The number of aryl methyl sites for hydroxylation is 1. The smallest absolute Gasteiger partial charge is 0.212 e. The minimum atomic E-state index is -3.27. The van der Waals surface area contributed by atoms with E-state index in [-0.39, 0.29) is 17.9 Å². The molecule has 0 aromatic heterocycles. The maximum atomic E-state index is 12.4. The lowest BCUT2D eigenvalue weighted by Gasteiger charge is -2.21. The molecule has 0 bridgehead atoms. The molecule has 122 valence electrons. The molecule has 1 aromatic rings. The van der Waals surface area contributed by atoms with Crippen molar-refractivity contribution in [2.45, 2.75) is 51.2 Å². The highest BCUT2D eigenvalue weighted by Crippen LogP contribution is 2.42. The van der Waals surface area contributed by atoms with Gasteiger partial charge in [-0.05, 0) is 56.1 Å². The number of hydrogen-bond donors (Lipinski definition) is 1. The molecule has 1 heterocycles. The fourth-order valence-electron chi connectivity index (χ4n) is 3.19. The van der Waals surface area contributed by atoms with Crippen molar-refractivity contribution in [3.8, 4) is 0 Å². The SMILES string of the molecule is Cc1ccccc1[C@@H](NS(=O)(=O)CC[C@H]1CCCO1)C1CC1. The van der Waals surface area contributed by atoms with Gasteiger partial charge in [-0.3, -0.25) is 0 Å². The van der Waals surface area contributed by atoms with Crippen molar-refractivity contribution in [3.05, 3.63) is 35.4 Å². The summed E-state index contributed by atoms with van der Waals surface area (Å²) in [4.78, 5) is 0. The molecular formula is C17H25NO3S. The second-order valence-electron chi connectivity index (χ2n) is 6.53. The Morgan fingerprint density at radius 1 is 1.27 bits per heavy atom. The largest absolute Gasteiger partial charge is 0.378 e. The van der Waals surface area contributed by atoms with E-state index in [2.05, 4.69) is 4.72 Å². The van der Waals surface area contributed by atoms with Crippen LogP contribution in [-0.4, -0.2) is 26.9 Å². The van der Waals surface area contributed by atoms with Crippen LogP contribution in [0, 0.1) is 12.8 Å². The van der Waals surface area contributed by atoms with Crippen molar-refractivity contribution in [2.24, 2.45) is 5.92 Å². The molecule has 1 saturated carbocycles. The Hall–Kier alpha value is -0.910. The van der Waals surface area contributed by atoms with Crippen LogP contribution < -0.4 is 4.72 Å². The molecule has 22 heavy (non-hydrogen) atoms. The van der Waals surface area contributed by atoms with Crippen molar-refractivity contribution < 1.29 is 13.2 Å². The van der Waals surface area contributed by atoms with Gasteiger partial charge in [-0.2, -0.15) is 0 Å². The third kappa shape index (κ3) is 4.09. The van der Waals surface area contributed by atoms with E-state index in [1.54, 1.807) is 0 Å². The molecule has 1 aliphatic carbocycles. The minimum Gasteiger partial charge on any atom is -0.378 e. The van der Waals surface area contributed by atoms with E-state index in [1.165, 1.54) is 0 Å². The third-order valence-corrected chi connectivity index (χ3v) is 6.04. The maximum Gasteiger partial charge on any atom is 0.212 e. The molecular weight excluding hydrogens is 298 g/mol. The summed E-state index contributed by atoms with van der Waals surface area (Å²) >= 11 is 0. The van der Waals surface area contributed by atoms with E-state index >= 15 is 0 Å². The molecule has 0 radical (unpaired) electrons. The fraction of sp³-hybridized carbons (Fsp3) is 0.647. The van der Waals surface area contributed by atoms with E-state index in [0.717, 1.165) is 43.4 Å². The van der Waals surface area contributed by atoms with Gasteiger partial charge in [-0.25, -0.2) is 13.1 Å². The number of hydrogen-bond acceptors (Lipinski definition) is 3. The molecule has 2 atom stereocenters. The van der Waals surface area contributed by atoms with Crippen LogP contribution in [0.5, 0.6) is 0 Å². The van der Waals surface area contributed by atoms with Crippen LogP contribution in [-0.2, 0) is 14.8 Å². The zero-order valence-corrected chi connectivity index (χ0v) is 13.9. The summed E-state index contributed by atoms with van der Waals surface area (Å²) in [6, 6.07) is 8.00. The van der Waals surface area contributed by atoms with Crippen LogP contribution in [0.3, 0.4) is 0 Å². The Kier molecular flexibility index (Phi) is 4.85. The molecule has 1 aromatic carbocycles. The van der Waals surface area contributed by atoms with E-state index in [4.69, 9.17) is 4.74 Å². The van der Waals surface area contributed by atoms with Gasteiger partial charge in [0, 0.05) is 12.6 Å². The molecule has 2 aliphatic rings. The lowest BCUT2D eigenvalue weighted by Crippen LogP contribution is -2.33. The summed E-state index contributed by atoms with van der Waals surface area (Å²) < 4.78 is 33.4. The highest BCUT2D eigenvalue weighted by Gasteiger charge is 2.35. The monoisotopic (exact) mass is 323 g/mol. The van der Waals surface area contributed by atoms with Gasteiger partial charge in [-0.15, -0.1) is 0 Å². The summed E-state index contributed by atoms with van der Waals surface area (Å²) in [6.45, 7) is 2.82. The van der Waals surface area contributed by atoms with Crippen molar-refractivity contribution in [2.75, 3.05) is 12.4 Å². The quantitative estimate of drug-likeness (QED) is 0.839. The van der Waals surface area contributed by atoms with Crippen molar-refractivity contribution >= 4 is 10.0 Å². The molecule has 0 amide bonds. The third-order valence-electron chi connectivity index (χ3n) is 4.66. The predicted molar refractivity (Wildman–Crippen MR) is 87.2 cm³/mol. The lowest BCUT2D eigenvalue weighted by molar-refractivity contribution is 0.108. The van der Waals surface area contributed by atoms with Gasteiger partial charge in [0.05, 0.1) is 11.9 Å². The average Bonchev–Trinajstić information content (AvgIpc) is 3.19. The van der Waals surface area contributed by atoms with E-state index in [9.17, 15) is 8.42 Å². The highest BCUT2D eigenvalue weighted by molar-refractivity contribution is 7.89. The van der Waals surface area contributed by atoms with E-state index in [0.29, 0.717) is 12.3 Å². The molecule has 0 unspecified atom stereocenters. The van der Waals surface area contributed by atoms with Gasteiger partial charge in [0.15, 0.2) is 0 Å². The summed E-state index contributed by atoms with van der Waals surface area (Å²) in [5.41, 5.74) is 2.27.